The third-order valence-corrected chi connectivity index (χ3v) is 19.7. The lowest BCUT2D eigenvalue weighted by Gasteiger charge is -2.57. The first-order chi connectivity index (χ1) is 38.4. The highest BCUT2D eigenvalue weighted by Crippen LogP contribution is 2.64. The molecule has 1 saturated carbocycles. The van der Waals surface area contributed by atoms with E-state index in [1.165, 1.54) is 13.8 Å². The molecule has 8 fully saturated rings. The molecule has 0 amide bonds. The van der Waals surface area contributed by atoms with Crippen molar-refractivity contribution in [2.75, 3.05) is 39.6 Å². The van der Waals surface area contributed by atoms with Crippen LogP contribution in [0.15, 0.2) is 22.8 Å². The van der Waals surface area contributed by atoms with Crippen LogP contribution in [0.1, 0.15) is 59.8 Å². The third kappa shape index (κ3) is 10.0. The van der Waals surface area contributed by atoms with Gasteiger partial charge in [-0.2, -0.15) is 0 Å². The minimum absolute atomic E-state index is 0.0133. The van der Waals surface area contributed by atoms with E-state index in [4.69, 9.17) is 56.8 Å². The molecule has 4 aliphatic carbocycles. The second-order valence-corrected chi connectivity index (χ2v) is 24.5. The molecule has 15 N–H and O–H groups in total. The topological polar surface area (TPSA) is 431 Å². The third-order valence-electron chi connectivity index (χ3n) is 19.7. The van der Waals surface area contributed by atoms with Gasteiger partial charge in [0.1, 0.15) is 97.2 Å². The van der Waals surface area contributed by atoms with Crippen molar-refractivity contribution in [2.45, 2.75) is 225 Å². The highest BCUT2D eigenvalue weighted by atomic mass is 16.8. The maximum absolute atomic E-state index is 15.1. The number of hydrogen-bond donors (Lipinski definition) is 15. The maximum atomic E-state index is 15.1. The molecular formula is C53H80O28. The van der Waals surface area contributed by atoms with Crippen molar-refractivity contribution in [1.29, 1.82) is 0 Å². The molecule has 1 spiro atoms. The summed E-state index contributed by atoms with van der Waals surface area (Å²) in [7, 11) is 0. The van der Waals surface area contributed by atoms with Gasteiger partial charge in [-0.05, 0) is 51.4 Å². The van der Waals surface area contributed by atoms with Crippen LogP contribution in [0.4, 0.5) is 0 Å². The summed E-state index contributed by atoms with van der Waals surface area (Å²) < 4.78 is 73.5. The summed E-state index contributed by atoms with van der Waals surface area (Å²) in [5.74, 6) is -5.33. The van der Waals surface area contributed by atoms with Crippen LogP contribution in [-0.4, -0.2) is 287 Å². The summed E-state index contributed by atoms with van der Waals surface area (Å²) >= 11 is 0. The second-order valence-electron chi connectivity index (χ2n) is 24.5. The second kappa shape index (κ2) is 23.0. The quantitative estimate of drug-likeness (QED) is 0.0808. The molecule has 11 aliphatic rings. The van der Waals surface area contributed by atoms with E-state index in [0.717, 1.165) is 11.1 Å². The van der Waals surface area contributed by atoms with Gasteiger partial charge in [0.2, 0.25) is 5.79 Å². The molecule has 0 aromatic heterocycles. The lowest BCUT2D eigenvalue weighted by molar-refractivity contribution is -0.387. The van der Waals surface area contributed by atoms with E-state index >= 15 is 4.79 Å². The summed E-state index contributed by atoms with van der Waals surface area (Å²) in [4.78, 5) is 15.1. The fraction of sp³-hybridized carbons (Fsp3) is 0.906. The van der Waals surface area contributed by atoms with Crippen molar-refractivity contribution < 1.29 is 138 Å². The predicted octanol–water partition coefficient (Wildman–Crippen LogP) is -6.45. The number of fused-ring (bicyclic) bond motifs is 6. The molecular weight excluding hydrogens is 1080 g/mol. The van der Waals surface area contributed by atoms with E-state index in [1.807, 2.05) is 13.0 Å². The highest BCUT2D eigenvalue weighted by molar-refractivity contribution is 6.04. The molecule has 7 saturated heterocycles. The summed E-state index contributed by atoms with van der Waals surface area (Å²) in [6.45, 7) is 3.56. The molecule has 7 heterocycles. The van der Waals surface area contributed by atoms with Crippen LogP contribution >= 0.6 is 0 Å². The van der Waals surface area contributed by atoms with E-state index in [0.29, 0.717) is 24.8 Å². The summed E-state index contributed by atoms with van der Waals surface area (Å²) in [5.41, 5.74) is -0.999. The lowest BCUT2D eigenvalue weighted by atomic mass is 9.51. The Labute approximate surface area is 465 Å². The largest absolute Gasteiger partial charge is 0.396 e. The Hall–Kier alpha value is -1.93. The predicted molar refractivity (Wildman–Crippen MR) is 261 cm³/mol. The molecule has 0 aromatic rings. The zero-order valence-electron chi connectivity index (χ0n) is 45.2. The van der Waals surface area contributed by atoms with Gasteiger partial charge in [-0.3, -0.25) is 4.79 Å². The molecule has 33 atom stereocenters. The monoisotopic (exact) mass is 1160 g/mol. The molecule has 28 nitrogen and oxygen atoms in total. The fourth-order valence-corrected chi connectivity index (χ4v) is 14.9. The molecule has 28 heteroatoms. The van der Waals surface area contributed by atoms with Crippen LogP contribution in [0.3, 0.4) is 0 Å². The Morgan fingerprint density at radius 3 is 2.00 bits per heavy atom. The number of carbonyl (C=O) groups is 1. The average Bonchev–Trinajstić information content (AvgIpc) is 1.99. The Kier molecular flexibility index (Phi) is 17.2. The Bertz CT molecular complexity index is 2330. The van der Waals surface area contributed by atoms with E-state index in [2.05, 4.69) is 0 Å². The van der Waals surface area contributed by atoms with Gasteiger partial charge in [-0.1, -0.05) is 31.1 Å². The molecule has 0 aromatic carbocycles. The van der Waals surface area contributed by atoms with Gasteiger partial charge in [0.05, 0.1) is 70.2 Å². The van der Waals surface area contributed by atoms with Crippen LogP contribution in [0.25, 0.3) is 0 Å². The number of aliphatic hydroxyl groups excluding tert-OH is 14. The van der Waals surface area contributed by atoms with Crippen LogP contribution in [0, 0.1) is 35.0 Å². The van der Waals surface area contributed by atoms with E-state index in [-0.39, 0.29) is 31.1 Å². The van der Waals surface area contributed by atoms with Gasteiger partial charge in [0.25, 0.3) is 0 Å². The smallest absolute Gasteiger partial charge is 0.203 e. The first kappa shape index (κ1) is 60.7. The summed E-state index contributed by atoms with van der Waals surface area (Å²) in [6.07, 6.45) is -34.4. The van der Waals surface area contributed by atoms with Crippen molar-refractivity contribution in [1.82, 2.24) is 0 Å². The van der Waals surface area contributed by atoms with Gasteiger partial charge in [0, 0.05) is 35.2 Å². The molecule has 11 rings (SSSR count). The highest BCUT2D eigenvalue weighted by Gasteiger charge is 2.70. The first-order valence-electron chi connectivity index (χ1n) is 28.2. The minimum atomic E-state index is -2.13. The standard InChI is InChI=1S/C53H80O28/c1-17-12-73-53(44(67)39(17)77-47-37(65)35(63)31(59)18(2)74-47)25(11-54)30-23-7-8-24-22(29(23)34(62)41(30)81-53)6-5-20-9-21(56)10-28(51(20,24)4)76-49-43(40(27(58)14-71-49)78-46-36(64)33(61)26(57)13-70-46)80-48-38(66)42(32(60)19(3)75-48)79-50-45(68)52(69,15-55)16-72-50/h5,17-19,21-22,24-28,30-33,35-50,54-61,63-69H,6-16H2,1-4H3. The minimum Gasteiger partial charge on any atom is -0.396 e. The summed E-state index contributed by atoms with van der Waals surface area (Å²) in [5, 5.41) is 164. The number of allylic oxidation sites excluding steroid dienone is 1. The Balaban J connectivity index is 0.869. The van der Waals surface area contributed by atoms with E-state index < -0.39 is 227 Å². The van der Waals surface area contributed by atoms with Gasteiger partial charge >= 0.3 is 0 Å². The van der Waals surface area contributed by atoms with Gasteiger partial charge in [0.15, 0.2) is 37.2 Å². The van der Waals surface area contributed by atoms with Crippen LogP contribution in [-0.2, 0) is 61.6 Å². The normalized spacial score (nSPS) is 55.6. The van der Waals surface area contributed by atoms with Gasteiger partial charge in [-0.15, -0.1) is 0 Å². The number of hydrogen-bond acceptors (Lipinski definition) is 28. The van der Waals surface area contributed by atoms with Crippen molar-refractivity contribution in [3.8, 4) is 0 Å². The van der Waals surface area contributed by atoms with Crippen molar-refractivity contribution in [3.63, 3.8) is 0 Å². The number of aliphatic hydroxyl groups is 15. The van der Waals surface area contributed by atoms with Crippen LogP contribution in [0.2, 0.25) is 0 Å². The van der Waals surface area contributed by atoms with Crippen LogP contribution < -0.4 is 0 Å². The van der Waals surface area contributed by atoms with Crippen molar-refractivity contribution in [3.05, 3.63) is 22.8 Å². The van der Waals surface area contributed by atoms with Crippen molar-refractivity contribution >= 4 is 5.78 Å². The number of rotatable bonds is 12. The zero-order valence-corrected chi connectivity index (χ0v) is 45.2. The molecule has 0 radical (unpaired) electrons. The SMILES string of the molecule is CC1COC2(OC3C(=O)C4=C(CCC5C4CC=C4CC(O)CC(OC6OCC(O)C(OC7OCC(O)C(O)C7O)C6OC6OC(C)C(O)C(OC7OCC(O)(CO)C7O)C6O)C45C)C3C2CO)C(O)C1OC1OC(C)C(O)C(O)C1O. The van der Waals surface area contributed by atoms with Gasteiger partial charge in [-0.25, -0.2) is 0 Å². The number of ketones is 1. The molecule has 460 valence electrons. The Morgan fingerprint density at radius 2 is 1.30 bits per heavy atom. The number of carbonyl (C=O) groups excluding carboxylic acids is 1. The molecule has 81 heavy (non-hydrogen) atoms. The molecule has 33 unspecified atom stereocenters. The van der Waals surface area contributed by atoms with E-state index in [1.54, 1.807) is 6.92 Å². The van der Waals surface area contributed by atoms with Crippen molar-refractivity contribution in [2.24, 2.45) is 35.0 Å². The summed E-state index contributed by atoms with van der Waals surface area (Å²) in [6, 6.07) is 0. The lowest BCUT2D eigenvalue weighted by Crippen LogP contribution is -2.65. The number of ether oxygens (including phenoxy) is 12. The van der Waals surface area contributed by atoms with E-state index in [9.17, 15) is 76.6 Å². The average molecular weight is 1170 g/mol. The molecule has 0 bridgehead atoms. The zero-order chi connectivity index (χ0) is 58.1. The van der Waals surface area contributed by atoms with Gasteiger partial charge < -0.3 is 133 Å². The first-order valence-corrected chi connectivity index (χ1v) is 28.2. The van der Waals surface area contributed by atoms with Crippen LogP contribution in [0.5, 0.6) is 0 Å². The fourth-order valence-electron chi connectivity index (χ4n) is 14.9. The number of Topliss-reactive ketones (excluding diaryl/α,β-unsaturated/α-hetero) is 1. The molecule has 7 aliphatic heterocycles. The maximum Gasteiger partial charge on any atom is 0.203 e. The Morgan fingerprint density at radius 1 is 0.654 bits per heavy atom.